The van der Waals surface area contributed by atoms with E-state index >= 15 is 0 Å². The third-order valence-electron chi connectivity index (χ3n) is 3.86. The molecule has 118 valence electrons. The van der Waals surface area contributed by atoms with E-state index in [4.69, 9.17) is 14.2 Å². The first-order chi connectivity index (χ1) is 10.3. The molecule has 2 rings (SSSR count). The Bertz CT molecular complexity index is 430. The van der Waals surface area contributed by atoms with Crippen molar-refractivity contribution >= 4 is 0 Å². The monoisotopic (exact) mass is 293 g/mol. The van der Waals surface area contributed by atoms with Gasteiger partial charge in [-0.2, -0.15) is 0 Å². The molecule has 0 radical (unpaired) electrons. The summed E-state index contributed by atoms with van der Waals surface area (Å²) < 4.78 is 16.9. The van der Waals surface area contributed by atoms with Crippen molar-refractivity contribution in [3.63, 3.8) is 0 Å². The lowest BCUT2D eigenvalue weighted by Gasteiger charge is -2.26. The summed E-state index contributed by atoms with van der Waals surface area (Å²) in [6.45, 7) is 6.14. The van der Waals surface area contributed by atoms with Crippen molar-refractivity contribution in [3.05, 3.63) is 29.3 Å². The fraction of sp³-hybridized carbons (Fsp3) is 0.647. The Morgan fingerprint density at radius 3 is 2.67 bits per heavy atom. The highest BCUT2D eigenvalue weighted by Gasteiger charge is 2.21. The maximum absolute atomic E-state index is 5.69. The summed E-state index contributed by atoms with van der Waals surface area (Å²) in [7, 11) is 1.96. The molecule has 1 N–H and O–H groups in total. The van der Waals surface area contributed by atoms with E-state index in [1.807, 2.05) is 20.9 Å². The van der Waals surface area contributed by atoms with Crippen LogP contribution in [0.15, 0.2) is 18.2 Å². The zero-order valence-corrected chi connectivity index (χ0v) is 13.4. The van der Waals surface area contributed by atoms with Gasteiger partial charge in [-0.1, -0.05) is 12.1 Å². The number of ether oxygens (including phenoxy) is 3. The minimum Gasteiger partial charge on any atom is -0.493 e. The van der Waals surface area contributed by atoms with Gasteiger partial charge >= 0.3 is 0 Å². The molecule has 0 saturated heterocycles. The van der Waals surface area contributed by atoms with Crippen LogP contribution in [0, 0.1) is 0 Å². The lowest BCUT2D eigenvalue weighted by Crippen LogP contribution is -2.41. The van der Waals surface area contributed by atoms with Crippen molar-refractivity contribution in [3.8, 4) is 5.75 Å². The van der Waals surface area contributed by atoms with Crippen molar-refractivity contribution in [1.82, 2.24) is 5.32 Å². The molecule has 4 heteroatoms. The lowest BCUT2D eigenvalue weighted by atomic mass is 10.0. The Morgan fingerprint density at radius 1 is 1.24 bits per heavy atom. The van der Waals surface area contributed by atoms with Crippen molar-refractivity contribution < 1.29 is 14.2 Å². The predicted molar refractivity (Wildman–Crippen MR) is 83.8 cm³/mol. The molecule has 4 nitrogen and oxygen atoms in total. The molecule has 0 amide bonds. The molecule has 1 unspecified atom stereocenters. The van der Waals surface area contributed by atoms with Gasteiger partial charge in [-0.15, -0.1) is 0 Å². The number of fused-ring (bicyclic) bond motifs is 1. The minimum absolute atomic E-state index is 0.178. The first-order valence-corrected chi connectivity index (χ1v) is 7.93. The molecule has 0 aromatic heterocycles. The topological polar surface area (TPSA) is 39.7 Å². The minimum atomic E-state index is -0.178. The quantitative estimate of drug-likeness (QED) is 0.710. The van der Waals surface area contributed by atoms with Gasteiger partial charge in [0.15, 0.2) is 6.29 Å². The van der Waals surface area contributed by atoms with Crippen molar-refractivity contribution in [2.45, 2.75) is 45.4 Å². The number of aryl methyl sites for hydroxylation is 1. The smallest absolute Gasteiger partial charge is 0.172 e. The van der Waals surface area contributed by atoms with Gasteiger partial charge in [-0.3, -0.25) is 0 Å². The molecular weight excluding hydrogens is 266 g/mol. The number of hydrogen-bond donors (Lipinski definition) is 1. The molecule has 1 aromatic carbocycles. The van der Waals surface area contributed by atoms with E-state index in [0.717, 1.165) is 31.6 Å². The second-order valence-electron chi connectivity index (χ2n) is 5.25. The molecule has 1 aliphatic rings. The van der Waals surface area contributed by atoms with Crippen LogP contribution in [0.5, 0.6) is 5.75 Å². The number of hydrogen-bond acceptors (Lipinski definition) is 4. The molecule has 21 heavy (non-hydrogen) atoms. The summed E-state index contributed by atoms with van der Waals surface area (Å²) in [5, 5.41) is 3.32. The molecule has 1 aliphatic heterocycles. The van der Waals surface area contributed by atoms with Gasteiger partial charge in [0.2, 0.25) is 0 Å². The molecule has 0 fully saturated rings. The highest BCUT2D eigenvalue weighted by Crippen LogP contribution is 2.26. The molecular formula is C17H27NO3. The van der Waals surface area contributed by atoms with Gasteiger partial charge in [0.05, 0.1) is 12.6 Å². The fourth-order valence-electron chi connectivity index (χ4n) is 2.74. The zero-order chi connectivity index (χ0) is 15.1. The van der Waals surface area contributed by atoms with E-state index in [2.05, 4.69) is 23.5 Å². The Morgan fingerprint density at radius 2 is 2.00 bits per heavy atom. The van der Waals surface area contributed by atoms with Crippen LogP contribution in [0.2, 0.25) is 0 Å². The molecule has 0 bridgehead atoms. The molecule has 0 saturated carbocycles. The largest absolute Gasteiger partial charge is 0.493 e. The first-order valence-electron chi connectivity index (χ1n) is 7.93. The van der Waals surface area contributed by atoms with Gasteiger partial charge in [-0.05, 0) is 50.9 Å². The molecule has 1 aromatic rings. The van der Waals surface area contributed by atoms with Gasteiger partial charge in [0.25, 0.3) is 0 Å². The predicted octanol–water partition coefficient (Wildman–Crippen LogP) is 2.54. The Balaban J connectivity index is 1.92. The maximum Gasteiger partial charge on any atom is 0.172 e. The summed E-state index contributed by atoms with van der Waals surface area (Å²) in [5.74, 6) is 1.05. The lowest BCUT2D eigenvalue weighted by molar-refractivity contribution is -0.153. The van der Waals surface area contributed by atoms with Crippen molar-refractivity contribution in [2.75, 3.05) is 26.9 Å². The fourth-order valence-corrected chi connectivity index (χ4v) is 2.74. The number of likely N-dealkylation sites (N-methyl/N-ethyl adjacent to an activating group) is 1. The highest BCUT2D eigenvalue weighted by molar-refractivity contribution is 5.39. The summed E-state index contributed by atoms with van der Waals surface area (Å²) in [6.07, 6.45) is 2.85. The zero-order valence-electron chi connectivity index (χ0n) is 13.4. The van der Waals surface area contributed by atoms with E-state index < -0.39 is 0 Å². The normalized spacial score (nSPS) is 15.0. The first kappa shape index (κ1) is 16.3. The third kappa shape index (κ3) is 4.43. The van der Waals surface area contributed by atoms with E-state index in [0.29, 0.717) is 13.2 Å². The second-order valence-corrected chi connectivity index (χ2v) is 5.25. The Labute approximate surface area is 127 Å². The van der Waals surface area contributed by atoms with Crippen LogP contribution >= 0.6 is 0 Å². The summed E-state index contributed by atoms with van der Waals surface area (Å²) in [4.78, 5) is 0. The molecule has 1 heterocycles. The maximum atomic E-state index is 5.69. The third-order valence-corrected chi connectivity index (χ3v) is 3.86. The Kier molecular flexibility index (Phi) is 6.49. The van der Waals surface area contributed by atoms with Crippen LogP contribution in [-0.4, -0.2) is 39.2 Å². The van der Waals surface area contributed by atoms with Crippen LogP contribution in [-0.2, 0) is 22.3 Å². The summed E-state index contributed by atoms with van der Waals surface area (Å²) >= 11 is 0. The number of nitrogens with one attached hydrogen (secondary N) is 1. The number of rotatable bonds is 9. The number of benzene rings is 1. The van der Waals surface area contributed by atoms with Crippen molar-refractivity contribution in [2.24, 2.45) is 0 Å². The highest BCUT2D eigenvalue weighted by atomic mass is 16.7. The van der Waals surface area contributed by atoms with Gasteiger partial charge < -0.3 is 19.5 Å². The summed E-state index contributed by atoms with van der Waals surface area (Å²) in [6, 6.07) is 6.72. The molecule has 0 aliphatic carbocycles. The standard InChI is InChI=1S/C17H27NO3/c1-4-19-17(20-5-2)15(18-3)8-6-13-7-9-16-14(12-13)10-11-21-16/h7,9,12,15,17-18H,4-6,8,10-11H2,1-3H3. The Hall–Kier alpha value is -1.10. The average Bonchev–Trinajstić information content (AvgIpc) is 2.96. The van der Waals surface area contributed by atoms with Crippen LogP contribution < -0.4 is 10.1 Å². The summed E-state index contributed by atoms with van der Waals surface area (Å²) in [5.41, 5.74) is 2.69. The molecule has 1 atom stereocenters. The van der Waals surface area contributed by atoms with Gasteiger partial charge in [-0.25, -0.2) is 0 Å². The van der Waals surface area contributed by atoms with Crippen LogP contribution in [0.25, 0.3) is 0 Å². The van der Waals surface area contributed by atoms with Crippen LogP contribution in [0.3, 0.4) is 0 Å². The van der Waals surface area contributed by atoms with Crippen LogP contribution in [0.1, 0.15) is 31.4 Å². The van der Waals surface area contributed by atoms with E-state index in [9.17, 15) is 0 Å². The van der Waals surface area contributed by atoms with E-state index in [-0.39, 0.29) is 12.3 Å². The SMILES string of the molecule is CCOC(OCC)C(CCc1ccc2c(c1)CCO2)NC. The second kappa shape index (κ2) is 8.37. The van der Waals surface area contributed by atoms with Crippen molar-refractivity contribution in [1.29, 1.82) is 0 Å². The van der Waals surface area contributed by atoms with Gasteiger partial charge in [0, 0.05) is 19.6 Å². The van der Waals surface area contributed by atoms with Crippen LogP contribution in [0.4, 0.5) is 0 Å². The molecule has 0 spiro atoms. The average molecular weight is 293 g/mol. The van der Waals surface area contributed by atoms with Gasteiger partial charge in [0.1, 0.15) is 5.75 Å². The van der Waals surface area contributed by atoms with E-state index in [1.165, 1.54) is 11.1 Å². The van der Waals surface area contributed by atoms with E-state index in [1.54, 1.807) is 0 Å².